The highest BCUT2D eigenvalue weighted by Gasteiger charge is 2.15. The van der Waals surface area contributed by atoms with Gasteiger partial charge in [-0.05, 0) is 18.9 Å². The van der Waals surface area contributed by atoms with Gasteiger partial charge in [-0.25, -0.2) is 4.79 Å². The van der Waals surface area contributed by atoms with E-state index in [4.69, 9.17) is 5.90 Å². The molecule has 18 heavy (non-hydrogen) atoms. The molecular weight excluding hydrogens is 230 g/mol. The van der Waals surface area contributed by atoms with Crippen LogP contribution in [0.3, 0.4) is 0 Å². The van der Waals surface area contributed by atoms with Crippen molar-refractivity contribution < 1.29 is 14.4 Å². The van der Waals surface area contributed by atoms with E-state index in [9.17, 15) is 9.59 Å². The Morgan fingerprint density at radius 3 is 2.33 bits per heavy atom. The molecule has 0 amide bonds. The summed E-state index contributed by atoms with van der Waals surface area (Å²) in [5.41, 5.74) is -0.0268. The van der Waals surface area contributed by atoms with E-state index in [1.807, 2.05) is 0 Å². The lowest BCUT2D eigenvalue weighted by Gasteiger charge is -2.01. The van der Waals surface area contributed by atoms with Crippen LogP contribution in [0, 0.1) is 0 Å². The number of allylic oxidation sites excluding steroid dienone is 2. The third-order valence-corrected chi connectivity index (χ3v) is 2.68. The highest BCUT2D eigenvalue weighted by Crippen LogP contribution is 2.09. The first-order valence-corrected chi connectivity index (χ1v) is 6.45. The molecule has 0 aromatic carbocycles. The number of hydrogen-bond acceptors (Lipinski definition) is 4. The maximum atomic E-state index is 11.4. The van der Waals surface area contributed by atoms with Gasteiger partial charge in [-0.2, -0.15) is 5.90 Å². The van der Waals surface area contributed by atoms with Crippen LogP contribution < -0.4 is 5.90 Å². The molecule has 0 aliphatic rings. The molecule has 0 saturated heterocycles. The predicted octanol–water partition coefficient (Wildman–Crippen LogP) is 2.84. The fraction of sp³-hybridized carbons (Fsp3) is 0.571. The van der Waals surface area contributed by atoms with Gasteiger partial charge in [0.1, 0.15) is 5.57 Å². The van der Waals surface area contributed by atoms with E-state index < -0.39 is 11.8 Å². The van der Waals surface area contributed by atoms with Gasteiger partial charge in [-0.15, -0.1) is 0 Å². The van der Waals surface area contributed by atoms with Crippen molar-refractivity contribution in [2.75, 3.05) is 0 Å². The monoisotopic (exact) mass is 253 g/mol. The SMILES string of the molecule is C=CC(=O)/C(=C/CCCCCCCC)C(=O)ON. The summed E-state index contributed by atoms with van der Waals surface area (Å²) >= 11 is 0. The van der Waals surface area contributed by atoms with Crippen molar-refractivity contribution in [2.45, 2.75) is 51.9 Å². The van der Waals surface area contributed by atoms with Crippen LogP contribution in [0.15, 0.2) is 24.3 Å². The largest absolute Gasteiger partial charge is 0.370 e. The molecule has 0 atom stereocenters. The van der Waals surface area contributed by atoms with Crippen molar-refractivity contribution in [3.63, 3.8) is 0 Å². The predicted molar refractivity (Wildman–Crippen MR) is 71.6 cm³/mol. The van der Waals surface area contributed by atoms with E-state index >= 15 is 0 Å². The van der Waals surface area contributed by atoms with Crippen molar-refractivity contribution in [1.82, 2.24) is 0 Å². The Labute approximate surface area is 109 Å². The second kappa shape index (κ2) is 10.7. The molecule has 0 aromatic rings. The van der Waals surface area contributed by atoms with Crippen LogP contribution in [0.2, 0.25) is 0 Å². The van der Waals surface area contributed by atoms with Crippen molar-refractivity contribution in [1.29, 1.82) is 0 Å². The fourth-order valence-electron chi connectivity index (χ4n) is 1.63. The molecule has 0 spiro atoms. The number of unbranched alkanes of at least 4 members (excludes halogenated alkanes) is 6. The van der Waals surface area contributed by atoms with Crippen LogP contribution in [0.4, 0.5) is 0 Å². The first kappa shape index (κ1) is 16.6. The molecule has 0 bridgehead atoms. The average Bonchev–Trinajstić information content (AvgIpc) is 2.40. The second-order valence-electron chi connectivity index (χ2n) is 4.15. The summed E-state index contributed by atoms with van der Waals surface area (Å²) in [6, 6.07) is 0. The van der Waals surface area contributed by atoms with Gasteiger partial charge in [0, 0.05) is 0 Å². The van der Waals surface area contributed by atoms with Gasteiger partial charge >= 0.3 is 5.97 Å². The Hall–Kier alpha value is -1.42. The van der Waals surface area contributed by atoms with Gasteiger partial charge < -0.3 is 4.84 Å². The number of ketones is 1. The van der Waals surface area contributed by atoms with Crippen LogP contribution in [0.5, 0.6) is 0 Å². The highest BCUT2D eigenvalue weighted by molar-refractivity contribution is 6.21. The number of nitrogens with two attached hydrogens (primary N) is 1. The number of hydrogen-bond donors (Lipinski definition) is 1. The molecule has 2 N–H and O–H groups in total. The molecule has 0 fully saturated rings. The fourth-order valence-corrected chi connectivity index (χ4v) is 1.63. The lowest BCUT2D eigenvalue weighted by Crippen LogP contribution is -2.17. The highest BCUT2D eigenvalue weighted by atomic mass is 16.7. The summed E-state index contributed by atoms with van der Waals surface area (Å²) in [7, 11) is 0. The third kappa shape index (κ3) is 7.01. The minimum absolute atomic E-state index is 0.0268. The van der Waals surface area contributed by atoms with Crippen LogP contribution in [0.1, 0.15) is 51.9 Å². The summed E-state index contributed by atoms with van der Waals surface area (Å²) < 4.78 is 0. The summed E-state index contributed by atoms with van der Waals surface area (Å²) in [5.74, 6) is 3.53. The van der Waals surface area contributed by atoms with E-state index in [0.717, 1.165) is 18.9 Å². The van der Waals surface area contributed by atoms with E-state index in [1.54, 1.807) is 6.08 Å². The molecular formula is C14H23NO3. The molecule has 102 valence electrons. The minimum Gasteiger partial charge on any atom is -0.370 e. The van der Waals surface area contributed by atoms with E-state index in [2.05, 4.69) is 18.3 Å². The Balaban J connectivity index is 4.05. The normalized spacial score (nSPS) is 11.1. The van der Waals surface area contributed by atoms with Gasteiger partial charge in [0.05, 0.1) is 0 Å². The standard InChI is InChI=1S/C14H23NO3/c1-3-5-6-7-8-9-10-11-12(13(16)4-2)14(17)18-15/h4,11H,2-3,5-10,15H2,1H3/b12-11-. The average molecular weight is 253 g/mol. The van der Waals surface area contributed by atoms with Crippen LogP contribution >= 0.6 is 0 Å². The van der Waals surface area contributed by atoms with E-state index in [0.29, 0.717) is 6.42 Å². The van der Waals surface area contributed by atoms with E-state index in [-0.39, 0.29) is 5.57 Å². The second-order valence-corrected chi connectivity index (χ2v) is 4.15. The van der Waals surface area contributed by atoms with Crippen LogP contribution in [-0.4, -0.2) is 11.8 Å². The van der Waals surface area contributed by atoms with Crippen molar-refractivity contribution in [3.05, 3.63) is 24.3 Å². The van der Waals surface area contributed by atoms with Crippen molar-refractivity contribution >= 4 is 11.8 Å². The number of carbonyl (C=O) groups is 2. The first-order valence-electron chi connectivity index (χ1n) is 6.45. The lowest BCUT2D eigenvalue weighted by atomic mass is 10.1. The molecule has 0 rings (SSSR count). The molecule has 0 aliphatic carbocycles. The van der Waals surface area contributed by atoms with Crippen molar-refractivity contribution in [3.8, 4) is 0 Å². The van der Waals surface area contributed by atoms with Crippen LogP contribution in [0.25, 0.3) is 0 Å². The molecule has 4 nitrogen and oxygen atoms in total. The molecule has 0 saturated carbocycles. The first-order chi connectivity index (χ1) is 8.67. The quantitative estimate of drug-likeness (QED) is 0.214. The zero-order chi connectivity index (χ0) is 13.8. The Bertz CT molecular complexity index is 308. The zero-order valence-corrected chi connectivity index (χ0v) is 11.1. The zero-order valence-electron chi connectivity index (χ0n) is 11.1. The van der Waals surface area contributed by atoms with Gasteiger partial charge in [-0.3, -0.25) is 4.79 Å². The molecule has 0 unspecified atom stereocenters. The Morgan fingerprint density at radius 2 is 1.78 bits per heavy atom. The maximum Gasteiger partial charge on any atom is 0.360 e. The van der Waals surface area contributed by atoms with Crippen molar-refractivity contribution in [2.24, 2.45) is 5.90 Å². The molecule has 0 aliphatic heterocycles. The third-order valence-electron chi connectivity index (χ3n) is 2.68. The number of carbonyl (C=O) groups excluding carboxylic acids is 2. The smallest absolute Gasteiger partial charge is 0.360 e. The summed E-state index contributed by atoms with van der Waals surface area (Å²) in [5, 5.41) is 0. The van der Waals surface area contributed by atoms with Gasteiger partial charge in [-0.1, -0.05) is 51.7 Å². The Morgan fingerprint density at radius 1 is 1.17 bits per heavy atom. The van der Waals surface area contributed by atoms with Gasteiger partial charge in [0.25, 0.3) is 0 Å². The maximum absolute atomic E-state index is 11.4. The topological polar surface area (TPSA) is 69.4 Å². The molecule has 0 aromatic heterocycles. The summed E-state index contributed by atoms with van der Waals surface area (Å²) in [4.78, 5) is 26.7. The molecule has 0 radical (unpaired) electrons. The number of rotatable bonds is 10. The van der Waals surface area contributed by atoms with E-state index in [1.165, 1.54) is 25.7 Å². The van der Waals surface area contributed by atoms with Gasteiger partial charge in [0.15, 0.2) is 5.78 Å². The summed E-state index contributed by atoms with van der Waals surface area (Å²) in [6.45, 7) is 5.51. The molecule has 0 heterocycles. The minimum atomic E-state index is -0.800. The van der Waals surface area contributed by atoms with Gasteiger partial charge in [0.2, 0.25) is 0 Å². The molecule has 4 heteroatoms. The Kier molecular flexibility index (Phi) is 9.87. The van der Waals surface area contributed by atoms with Crippen LogP contribution in [-0.2, 0) is 14.4 Å². The lowest BCUT2D eigenvalue weighted by molar-refractivity contribution is -0.140. The summed E-state index contributed by atoms with van der Waals surface area (Å²) in [6.07, 6.45) is 10.3.